The summed E-state index contributed by atoms with van der Waals surface area (Å²) in [5.41, 5.74) is 1.57. The number of para-hydroxylation sites is 3. The largest absolute Gasteiger partial charge is 0.495 e. The highest BCUT2D eigenvalue weighted by atomic mass is 32.1. The van der Waals surface area contributed by atoms with E-state index in [1.807, 2.05) is 42.5 Å². The predicted molar refractivity (Wildman–Crippen MR) is 103 cm³/mol. The van der Waals surface area contributed by atoms with Crippen LogP contribution in [0.15, 0.2) is 48.5 Å². The summed E-state index contributed by atoms with van der Waals surface area (Å²) in [5, 5.41) is 0.746. The van der Waals surface area contributed by atoms with Gasteiger partial charge in [-0.05, 0) is 24.3 Å². The maximum Gasteiger partial charge on any atom is 0.311 e. The highest BCUT2D eigenvalue weighted by Gasteiger charge is 2.37. The van der Waals surface area contributed by atoms with Gasteiger partial charge in [-0.2, -0.15) is 0 Å². The smallest absolute Gasteiger partial charge is 0.311 e. The van der Waals surface area contributed by atoms with Crippen molar-refractivity contribution in [2.24, 2.45) is 5.92 Å². The summed E-state index contributed by atoms with van der Waals surface area (Å²) in [6, 6.07) is 15.1. The molecule has 2 heterocycles. The lowest BCUT2D eigenvalue weighted by atomic mass is 10.1. The summed E-state index contributed by atoms with van der Waals surface area (Å²) >= 11 is 1.50. The molecule has 27 heavy (non-hydrogen) atoms. The van der Waals surface area contributed by atoms with Crippen molar-refractivity contribution in [1.82, 2.24) is 4.98 Å². The minimum atomic E-state index is -0.489. The number of nitrogens with zero attached hydrogens (tertiary/aromatic N) is 2. The first-order valence-electron chi connectivity index (χ1n) is 8.60. The molecule has 7 heteroatoms. The van der Waals surface area contributed by atoms with Gasteiger partial charge in [0.05, 0.1) is 28.9 Å². The third kappa shape index (κ3) is 3.50. The molecule has 1 aromatic heterocycles. The molecule has 4 rings (SSSR count). The zero-order valence-corrected chi connectivity index (χ0v) is 15.6. The summed E-state index contributed by atoms with van der Waals surface area (Å²) in [7, 11) is 1.56. The van der Waals surface area contributed by atoms with Gasteiger partial charge in [-0.3, -0.25) is 9.59 Å². The Kier molecular flexibility index (Phi) is 4.77. The lowest BCUT2D eigenvalue weighted by molar-refractivity contribution is -0.149. The average Bonchev–Trinajstić information content (AvgIpc) is 3.29. The third-order valence-corrected chi connectivity index (χ3v) is 5.52. The Morgan fingerprint density at radius 1 is 1.22 bits per heavy atom. The minimum absolute atomic E-state index is 0.110. The number of hydrogen-bond acceptors (Lipinski definition) is 6. The van der Waals surface area contributed by atoms with Crippen LogP contribution in [0.25, 0.3) is 10.2 Å². The van der Waals surface area contributed by atoms with Gasteiger partial charge < -0.3 is 14.4 Å². The van der Waals surface area contributed by atoms with Gasteiger partial charge in [0.2, 0.25) is 5.91 Å². The van der Waals surface area contributed by atoms with Gasteiger partial charge >= 0.3 is 5.97 Å². The molecule has 1 atom stereocenters. The van der Waals surface area contributed by atoms with Crippen molar-refractivity contribution in [3.8, 4) is 5.75 Å². The Morgan fingerprint density at radius 2 is 2.00 bits per heavy atom. The predicted octanol–water partition coefficient (Wildman–Crippen LogP) is 3.40. The van der Waals surface area contributed by atoms with Crippen LogP contribution in [-0.2, 0) is 20.9 Å². The van der Waals surface area contributed by atoms with Crippen LogP contribution in [0.1, 0.15) is 11.4 Å². The molecule has 1 aliphatic rings. The second-order valence-electron chi connectivity index (χ2n) is 6.26. The van der Waals surface area contributed by atoms with E-state index < -0.39 is 5.92 Å². The Morgan fingerprint density at radius 3 is 2.81 bits per heavy atom. The molecule has 1 saturated heterocycles. The van der Waals surface area contributed by atoms with E-state index in [0.29, 0.717) is 11.4 Å². The molecule has 1 amide bonds. The van der Waals surface area contributed by atoms with Gasteiger partial charge in [0.15, 0.2) is 0 Å². The van der Waals surface area contributed by atoms with E-state index in [2.05, 4.69) is 4.98 Å². The van der Waals surface area contributed by atoms with Gasteiger partial charge in [-0.1, -0.05) is 24.3 Å². The normalized spacial score (nSPS) is 16.7. The minimum Gasteiger partial charge on any atom is -0.495 e. The van der Waals surface area contributed by atoms with Gasteiger partial charge in [0.1, 0.15) is 17.4 Å². The summed E-state index contributed by atoms with van der Waals surface area (Å²) in [6.45, 7) is 0.412. The van der Waals surface area contributed by atoms with Gasteiger partial charge in [-0.15, -0.1) is 11.3 Å². The Bertz CT molecular complexity index is 967. The van der Waals surface area contributed by atoms with E-state index in [4.69, 9.17) is 9.47 Å². The SMILES string of the molecule is COc1ccccc1N1CC(C(=O)OCc2nc3ccccc3s2)CC1=O. The number of hydrogen-bond donors (Lipinski definition) is 0. The molecule has 0 bridgehead atoms. The number of anilines is 1. The van der Waals surface area contributed by atoms with Gasteiger partial charge in [-0.25, -0.2) is 4.98 Å². The van der Waals surface area contributed by atoms with Gasteiger partial charge in [0.25, 0.3) is 0 Å². The zero-order valence-electron chi connectivity index (χ0n) is 14.8. The molecular formula is C20H18N2O4S. The Balaban J connectivity index is 1.41. The molecule has 2 aromatic carbocycles. The highest BCUT2D eigenvalue weighted by molar-refractivity contribution is 7.18. The monoisotopic (exact) mass is 382 g/mol. The van der Waals surface area contributed by atoms with Crippen LogP contribution in [0.2, 0.25) is 0 Å². The number of ether oxygens (including phenoxy) is 2. The fourth-order valence-electron chi connectivity index (χ4n) is 3.18. The Labute approximate surface area is 160 Å². The number of amides is 1. The van der Waals surface area contributed by atoms with Crippen molar-refractivity contribution >= 4 is 39.1 Å². The lowest BCUT2D eigenvalue weighted by Crippen LogP contribution is -2.26. The van der Waals surface area contributed by atoms with Gasteiger partial charge in [0, 0.05) is 13.0 Å². The van der Waals surface area contributed by atoms with E-state index >= 15 is 0 Å². The summed E-state index contributed by atoms with van der Waals surface area (Å²) < 4.78 is 11.8. The average molecular weight is 382 g/mol. The van der Waals surface area contributed by atoms with E-state index in [0.717, 1.165) is 15.2 Å². The molecule has 1 aliphatic heterocycles. The van der Waals surface area contributed by atoms with Crippen LogP contribution in [0.5, 0.6) is 5.75 Å². The number of methoxy groups -OCH3 is 1. The number of carbonyl (C=O) groups is 2. The number of fused-ring (bicyclic) bond motifs is 1. The summed E-state index contributed by atoms with van der Waals surface area (Å²) in [6.07, 6.45) is 0.136. The first-order chi connectivity index (χ1) is 13.2. The molecule has 1 unspecified atom stereocenters. The number of rotatable bonds is 5. The fraction of sp³-hybridized carbons (Fsp3) is 0.250. The standard InChI is InChI=1S/C20H18N2O4S/c1-25-16-8-4-3-7-15(16)22-11-13(10-19(22)23)20(24)26-12-18-21-14-6-2-5-9-17(14)27-18/h2-9,13H,10-12H2,1H3. The van der Waals surface area contributed by atoms with Crippen molar-refractivity contribution in [3.63, 3.8) is 0 Å². The molecule has 3 aromatic rings. The van der Waals surface area contributed by atoms with Crippen molar-refractivity contribution in [3.05, 3.63) is 53.5 Å². The molecule has 0 spiro atoms. The maximum absolute atomic E-state index is 12.5. The van der Waals surface area contributed by atoms with E-state index in [1.54, 1.807) is 18.1 Å². The topological polar surface area (TPSA) is 68.7 Å². The van der Waals surface area contributed by atoms with Crippen molar-refractivity contribution in [2.75, 3.05) is 18.6 Å². The number of thiazole rings is 1. The Hall–Kier alpha value is -2.93. The van der Waals surface area contributed by atoms with Crippen LogP contribution in [0.3, 0.4) is 0 Å². The quantitative estimate of drug-likeness (QED) is 0.633. The van der Waals surface area contributed by atoms with E-state index in [1.165, 1.54) is 11.3 Å². The molecule has 6 nitrogen and oxygen atoms in total. The molecule has 1 fully saturated rings. The van der Waals surface area contributed by atoms with Crippen molar-refractivity contribution in [1.29, 1.82) is 0 Å². The number of aromatic nitrogens is 1. The van der Waals surface area contributed by atoms with Crippen molar-refractivity contribution < 1.29 is 19.1 Å². The second kappa shape index (κ2) is 7.36. The molecule has 138 valence electrons. The first kappa shape index (κ1) is 17.5. The molecule has 0 N–H and O–H groups in total. The van der Waals surface area contributed by atoms with E-state index in [-0.39, 0.29) is 31.4 Å². The number of esters is 1. The highest BCUT2D eigenvalue weighted by Crippen LogP contribution is 2.33. The van der Waals surface area contributed by atoms with Crippen LogP contribution in [0, 0.1) is 5.92 Å². The van der Waals surface area contributed by atoms with Crippen LogP contribution >= 0.6 is 11.3 Å². The molecule has 0 saturated carbocycles. The number of benzene rings is 2. The van der Waals surface area contributed by atoms with Crippen LogP contribution < -0.4 is 9.64 Å². The fourth-order valence-corrected chi connectivity index (χ4v) is 4.06. The second-order valence-corrected chi connectivity index (χ2v) is 7.38. The molecular weight excluding hydrogens is 364 g/mol. The summed E-state index contributed by atoms with van der Waals surface area (Å²) in [4.78, 5) is 30.9. The van der Waals surface area contributed by atoms with E-state index in [9.17, 15) is 9.59 Å². The third-order valence-electron chi connectivity index (χ3n) is 4.51. The lowest BCUT2D eigenvalue weighted by Gasteiger charge is -2.19. The maximum atomic E-state index is 12.5. The molecule has 0 radical (unpaired) electrons. The summed E-state index contributed by atoms with van der Waals surface area (Å²) in [5.74, 6) is -0.368. The van der Waals surface area contributed by atoms with Crippen LogP contribution in [0.4, 0.5) is 5.69 Å². The molecule has 0 aliphatic carbocycles. The first-order valence-corrected chi connectivity index (χ1v) is 9.42. The van der Waals surface area contributed by atoms with Crippen LogP contribution in [-0.4, -0.2) is 30.5 Å². The number of carbonyl (C=O) groups excluding carboxylic acids is 2. The van der Waals surface area contributed by atoms with Crippen molar-refractivity contribution in [2.45, 2.75) is 13.0 Å². The zero-order chi connectivity index (χ0) is 18.8.